The van der Waals surface area contributed by atoms with Crippen LogP contribution in [0.5, 0.6) is 11.5 Å². The van der Waals surface area contributed by atoms with Crippen molar-refractivity contribution in [3.05, 3.63) is 168 Å². The number of ether oxygens (including phenoxy) is 1. The smallest absolute Gasteiger partial charge is 0.160 e. The van der Waals surface area contributed by atoms with Gasteiger partial charge in [0.25, 0.3) is 0 Å². The molecule has 4 heteroatoms. The van der Waals surface area contributed by atoms with Gasteiger partial charge in [0.1, 0.15) is 11.5 Å². The van der Waals surface area contributed by atoms with Crippen LogP contribution >= 0.6 is 0 Å². The predicted molar refractivity (Wildman–Crippen MR) is 193 cm³/mol. The van der Waals surface area contributed by atoms with Crippen molar-refractivity contribution in [2.24, 2.45) is 0 Å². The van der Waals surface area contributed by atoms with Crippen LogP contribution in [-0.4, -0.2) is 9.97 Å². The summed E-state index contributed by atoms with van der Waals surface area (Å²) in [5.74, 6) is 2.21. The average Bonchev–Trinajstić information content (AvgIpc) is 3.15. The highest BCUT2D eigenvalue weighted by atomic mass is 16.5. The van der Waals surface area contributed by atoms with Gasteiger partial charge in [0, 0.05) is 38.8 Å². The Morgan fingerprint density at radius 3 is 1.79 bits per heavy atom. The highest BCUT2D eigenvalue weighted by molar-refractivity contribution is 5.89. The van der Waals surface area contributed by atoms with Crippen LogP contribution in [0, 0.1) is 11.3 Å². The van der Waals surface area contributed by atoms with Crippen LogP contribution in [0.4, 0.5) is 0 Å². The minimum absolute atomic E-state index is 0.419. The summed E-state index contributed by atoms with van der Waals surface area (Å²) in [4.78, 5) is 10.1. The Bertz CT molecular complexity index is 2300. The van der Waals surface area contributed by atoms with Crippen LogP contribution in [0.15, 0.2) is 152 Å². The molecule has 0 N–H and O–H groups in total. The van der Waals surface area contributed by atoms with Gasteiger partial charge in [0.2, 0.25) is 0 Å². The lowest BCUT2D eigenvalue weighted by Crippen LogP contribution is -2.26. The number of hydrogen-bond acceptors (Lipinski definition) is 4. The van der Waals surface area contributed by atoms with E-state index in [1.807, 2.05) is 54.6 Å². The van der Waals surface area contributed by atoms with E-state index in [1.165, 1.54) is 0 Å². The molecule has 48 heavy (non-hydrogen) atoms. The molecule has 7 aromatic rings. The molecule has 2 heterocycles. The third-order valence-electron chi connectivity index (χ3n) is 9.19. The summed E-state index contributed by atoms with van der Waals surface area (Å²) in [6, 6.07) is 53.8. The van der Waals surface area contributed by atoms with Crippen LogP contribution in [0.1, 0.15) is 30.5 Å². The van der Waals surface area contributed by atoms with E-state index >= 15 is 0 Å². The van der Waals surface area contributed by atoms with Crippen molar-refractivity contribution in [3.63, 3.8) is 0 Å². The molecule has 1 aliphatic heterocycles. The molecule has 0 fully saturated rings. The van der Waals surface area contributed by atoms with Crippen LogP contribution in [0.2, 0.25) is 0 Å². The summed E-state index contributed by atoms with van der Waals surface area (Å²) < 4.78 is 6.66. The van der Waals surface area contributed by atoms with E-state index in [9.17, 15) is 5.26 Å². The van der Waals surface area contributed by atoms with Crippen molar-refractivity contribution in [2.75, 3.05) is 0 Å². The second-order valence-electron chi connectivity index (χ2n) is 12.5. The van der Waals surface area contributed by atoms with Crippen LogP contribution in [0.3, 0.4) is 0 Å². The highest BCUT2D eigenvalue weighted by Crippen LogP contribution is 2.53. The number of benzene rings is 6. The molecule has 6 aromatic carbocycles. The number of para-hydroxylation sites is 1. The molecule has 0 atom stereocenters. The highest BCUT2D eigenvalue weighted by Gasteiger charge is 2.37. The number of hydrogen-bond donors (Lipinski definition) is 0. The van der Waals surface area contributed by atoms with E-state index in [1.54, 1.807) is 0 Å². The molecule has 0 aliphatic carbocycles. The average molecular weight is 618 g/mol. The van der Waals surface area contributed by atoms with Crippen molar-refractivity contribution in [1.82, 2.24) is 9.97 Å². The molecule has 0 radical (unpaired) electrons. The summed E-state index contributed by atoms with van der Waals surface area (Å²) in [6.07, 6.45) is 0. The fourth-order valence-electron chi connectivity index (χ4n) is 6.84. The van der Waals surface area contributed by atoms with Crippen LogP contribution in [0.25, 0.3) is 56.2 Å². The zero-order valence-corrected chi connectivity index (χ0v) is 26.7. The molecule has 0 saturated heterocycles. The van der Waals surface area contributed by atoms with E-state index in [2.05, 4.69) is 117 Å². The largest absolute Gasteiger partial charge is 0.456 e. The van der Waals surface area contributed by atoms with Gasteiger partial charge in [-0.05, 0) is 41.0 Å². The first kappa shape index (κ1) is 29.1. The predicted octanol–water partition coefficient (Wildman–Crippen LogP) is 11.1. The lowest BCUT2D eigenvalue weighted by atomic mass is 9.73. The van der Waals surface area contributed by atoms with E-state index in [4.69, 9.17) is 14.7 Å². The molecule has 1 aromatic heterocycles. The SMILES string of the molecule is CC1(C)c2cccc(-c3ccccc3-c3cccc(-c4nc(-c5ccccc5)cc(-c5ccccc5)n4)c3)c2Oc2cccc(C#N)c21. The van der Waals surface area contributed by atoms with Crippen molar-refractivity contribution in [3.8, 4) is 73.7 Å². The van der Waals surface area contributed by atoms with Gasteiger partial charge < -0.3 is 4.74 Å². The number of aromatic nitrogens is 2. The van der Waals surface area contributed by atoms with Gasteiger partial charge in [0.15, 0.2) is 5.82 Å². The second-order valence-corrected chi connectivity index (χ2v) is 12.5. The monoisotopic (exact) mass is 617 g/mol. The number of nitrogens with zero attached hydrogens (tertiary/aromatic N) is 3. The van der Waals surface area contributed by atoms with Crippen molar-refractivity contribution in [2.45, 2.75) is 19.3 Å². The zero-order valence-electron chi connectivity index (χ0n) is 26.7. The van der Waals surface area contributed by atoms with Crippen molar-refractivity contribution in [1.29, 1.82) is 5.26 Å². The Kier molecular flexibility index (Phi) is 7.16. The van der Waals surface area contributed by atoms with Gasteiger partial charge in [-0.15, -0.1) is 0 Å². The fraction of sp³-hybridized carbons (Fsp3) is 0.0682. The standard InChI is InChI=1S/C44H31N3O/c1-44(2)37-24-13-23-36(42(37)48-40-25-12-20-33(28-45)41(40)44)35-22-10-9-21-34(35)31-18-11-19-32(26-31)43-46-38(29-14-5-3-6-15-29)27-39(47-43)30-16-7-4-8-17-30/h3-27H,1-2H3. The van der Waals surface area contributed by atoms with Gasteiger partial charge in [0.05, 0.1) is 23.0 Å². The van der Waals surface area contributed by atoms with Gasteiger partial charge in [-0.2, -0.15) is 5.26 Å². The molecule has 0 amide bonds. The van der Waals surface area contributed by atoms with E-state index in [-0.39, 0.29) is 0 Å². The minimum atomic E-state index is -0.419. The zero-order chi connectivity index (χ0) is 32.7. The summed E-state index contributed by atoms with van der Waals surface area (Å²) in [6.45, 7) is 4.33. The quantitative estimate of drug-likeness (QED) is 0.193. The Labute approximate surface area is 280 Å². The first-order chi connectivity index (χ1) is 23.5. The Balaban J connectivity index is 1.26. The molecule has 0 unspecified atom stereocenters. The maximum absolute atomic E-state index is 9.91. The maximum atomic E-state index is 9.91. The van der Waals surface area contributed by atoms with Gasteiger partial charge >= 0.3 is 0 Å². The Morgan fingerprint density at radius 1 is 0.542 bits per heavy atom. The molecular weight excluding hydrogens is 587 g/mol. The van der Waals surface area contributed by atoms with E-state index in [0.717, 1.165) is 73.0 Å². The Hall–Kier alpha value is -6.31. The molecule has 4 nitrogen and oxygen atoms in total. The first-order valence-corrected chi connectivity index (χ1v) is 16.1. The molecule has 8 rings (SSSR count). The lowest BCUT2D eigenvalue weighted by Gasteiger charge is -2.36. The number of nitriles is 1. The molecule has 228 valence electrons. The first-order valence-electron chi connectivity index (χ1n) is 16.1. The van der Waals surface area contributed by atoms with E-state index in [0.29, 0.717) is 11.4 Å². The fourth-order valence-corrected chi connectivity index (χ4v) is 6.84. The Morgan fingerprint density at radius 2 is 1.10 bits per heavy atom. The molecule has 0 spiro atoms. The molecule has 0 bridgehead atoms. The number of fused-ring (bicyclic) bond motifs is 2. The molecule has 1 aliphatic rings. The summed E-state index contributed by atoms with van der Waals surface area (Å²) in [7, 11) is 0. The summed E-state index contributed by atoms with van der Waals surface area (Å²) in [5.41, 5.74) is 11.2. The molecule has 0 saturated carbocycles. The summed E-state index contributed by atoms with van der Waals surface area (Å²) >= 11 is 0. The summed E-state index contributed by atoms with van der Waals surface area (Å²) in [5, 5.41) is 9.91. The van der Waals surface area contributed by atoms with Gasteiger partial charge in [-0.1, -0.05) is 141 Å². The number of rotatable bonds is 5. The third-order valence-corrected chi connectivity index (χ3v) is 9.19. The normalized spacial score (nSPS) is 12.7. The van der Waals surface area contributed by atoms with Gasteiger partial charge in [-0.25, -0.2) is 9.97 Å². The molecular formula is C44H31N3O. The minimum Gasteiger partial charge on any atom is -0.456 e. The lowest BCUT2D eigenvalue weighted by molar-refractivity contribution is 0.419. The topological polar surface area (TPSA) is 58.8 Å². The van der Waals surface area contributed by atoms with Crippen molar-refractivity contribution >= 4 is 0 Å². The van der Waals surface area contributed by atoms with E-state index < -0.39 is 5.41 Å². The second kappa shape index (κ2) is 11.8. The van der Waals surface area contributed by atoms with Crippen LogP contribution < -0.4 is 4.74 Å². The van der Waals surface area contributed by atoms with Gasteiger partial charge in [-0.3, -0.25) is 0 Å². The third kappa shape index (κ3) is 5.03. The van der Waals surface area contributed by atoms with Crippen LogP contribution in [-0.2, 0) is 5.41 Å². The van der Waals surface area contributed by atoms with Crippen molar-refractivity contribution < 1.29 is 4.74 Å². The maximum Gasteiger partial charge on any atom is 0.160 e.